The molecule has 0 aliphatic carbocycles. The van der Waals surface area contributed by atoms with Crippen molar-refractivity contribution < 1.29 is 9.15 Å². The molecule has 0 bridgehead atoms. The second-order valence-electron chi connectivity index (χ2n) is 3.99. The van der Waals surface area contributed by atoms with Crippen LogP contribution in [-0.2, 0) is 6.61 Å². The predicted octanol–water partition coefficient (Wildman–Crippen LogP) is 3.69. The molecule has 4 nitrogen and oxygen atoms in total. The first-order chi connectivity index (χ1) is 9.33. The van der Waals surface area contributed by atoms with E-state index in [1.54, 1.807) is 23.7 Å². The Balaban J connectivity index is 1.81. The molecule has 5 heteroatoms. The summed E-state index contributed by atoms with van der Waals surface area (Å²) >= 11 is 1.59. The minimum atomic E-state index is 0.316. The molecule has 0 spiro atoms. The van der Waals surface area contributed by atoms with E-state index in [1.165, 1.54) is 0 Å². The molecule has 0 saturated carbocycles. The van der Waals surface area contributed by atoms with Crippen LogP contribution in [0.15, 0.2) is 46.5 Å². The molecule has 0 saturated heterocycles. The first kappa shape index (κ1) is 11.9. The summed E-state index contributed by atoms with van der Waals surface area (Å²) in [5.41, 5.74) is 0.987. The quantitative estimate of drug-likeness (QED) is 0.726. The molecule has 0 amide bonds. The van der Waals surface area contributed by atoms with Gasteiger partial charge in [-0.2, -0.15) is 0 Å². The van der Waals surface area contributed by atoms with E-state index in [4.69, 9.17) is 9.15 Å². The lowest BCUT2D eigenvalue weighted by Gasteiger charge is -2.07. The minimum absolute atomic E-state index is 0.316. The number of thiazole rings is 1. The zero-order valence-corrected chi connectivity index (χ0v) is 11.2. The van der Waals surface area contributed by atoms with E-state index in [2.05, 4.69) is 9.97 Å². The molecule has 3 rings (SSSR count). The van der Waals surface area contributed by atoms with Gasteiger partial charge in [0.15, 0.2) is 6.61 Å². The molecule has 0 atom stereocenters. The van der Waals surface area contributed by atoms with Crippen molar-refractivity contribution in [3.05, 3.63) is 53.7 Å². The maximum absolute atomic E-state index is 5.77. The topological polar surface area (TPSA) is 48.2 Å². The van der Waals surface area contributed by atoms with Crippen LogP contribution in [0, 0.1) is 6.92 Å². The van der Waals surface area contributed by atoms with Gasteiger partial charge >= 0.3 is 0 Å². The van der Waals surface area contributed by atoms with E-state index < -0.39 is 0 Å². The van der Waals surface area contributed by atoms with Gasteiger partial charge in [-0.3, -0.25) is 0 Å². The Morgan fingerprint density at radius 1 is 1.26 bits per heavy atom. The van der Waals surface area contributed by atoms with Gasteiger partial charge < -0.3 is 9.15 Å². The Hall–Kier alpha value is -2.14. The molecule has 0 radical (unpaired) electrons. The van der Waals surface area contributed by atoms with Crippen molar-refractivity contribution in [2.45, 2.75) is 13.5 Å². The van der Waals surface area contributed by atoms with E-state index in [0.29, 0.717) is 12.5 Å². The number of benzene rings is 1. The number of rotatable bonds is 4. The summed E-state index contributed by atoms with van der Waals surface area (Å²) in [6.45, 7) is 2.18. The third kappa shape index (κ3) is 2.66. The number of oxazole rings is 1. The fourth-order valence-electron chi connectivity index (χ4n) is 1.73. The number of para-hydroxylation sites is 1. The van der Waals surface area contributed by atoms with Crippen LogP contribution in [-0.4, -0.2) is 9.97 Å². The maximum atomic E-state index is 5.77. The summed E-state index contributed by atoms with van der Waals surface area (Å²) in [5, 5.41) is 2.89. The normalized spacial score (nSPS) is 10.6. The zero-order chi connectivity index (χ0) is 13.1. The van der Waals surface area contributed by atoms with Crippen LogP contribution in [0.1, 0.15) is 11.7 Å². The number of ether oxygens (including phenoxy) is 1. The van der Waals surface area contributed by atoms with E-state index in [9.17, 15) is 0 Å². The summed E-state index contributed by atoms with van der Waals surface area (Å²) in [5.74, 6) is 2.14. The summed E-state index contributed by atoms with van der Waals surface area (Å²) in [4.78, 5) is 8.42. The molecule has 96 valence electrons. The maximum Gasteiger partial charge on any atom is 0.232 e. The fraction of sp³-hybridized carbons (Fsp3) is 0.143. The molecule has 0 N–H and O–H groups in total. The zero-order valence-electron chi connectivity index (χ0n) is 10.4. The molecular weight excluding hydrogens is 260 g/mol. The third-order valence-corrected chi connectivity index (χ3v) is 3.38. The number of nitrogens with zero attached hydrogens (tertiary/aromatic N) is 2. The Morgan fingerprint density at radius 2 is 2.16 bits per heavy atom. The van der Waals surface area contributed by atoms with Crippen LogP contribution in [0.5, 0.6) is 5.75 Å². The highest BCUT2D eigenvalue weighted by Gasteiger charge is 2.09. The van der Waals surface area contributed by atoms with Crippen LogP contribution < -0.4 is 4.74 Å². The third-order valence-electron chi connectivity index (χ3n) is 2.57. The van der Waals surface area contributed by atoms with E-state index in [0.717, 1.165) is 22.1 Å². The monoisotopic (exact) mass is 272 g/mol. The summed E-state index contributed by atoms with van der Waals surface area (Å²) in [7, 11) is 0. The minimum Gasteiger partial charge on any atom is -0.483 e. The lowest BCUT2D eigenvalue weighted by Crippen LogP contribution is -1.96. The molecule has 0 unspecified atom stereocenters. The Labute approximate surface area is 114 Å². The Bertz CT molecular complexity index is 662. The molecule has 0 aliphatic heterocycles. The number of aromatic nitrogens is 2. The van der Waals surface area contributed by atoms with Crippen molar-refractivity contribution in [1.82, 2.24) is 9.97 Å². The number of hydrogen-bond acceptors (Lipinski definition) is 5. The molecule has 2 aromatic heterocycles. The van der Waals surface area contributed by atoms with Gasteiger partial charge in [-0.25, -0.2) is 9.97 Å². The van der Waals surface area contributed by atoms with Gasteiger partial charge in [0.2, 0.25) is 5.89 Å². The van der Waals surface area contributed by atoms with Crippen LogP contribution in [0.4, 0.5) is 0 Å². The first-order valence-electron chi connectivity index (χ1n) is 5.86. The second-order valence-corrected chi connectivity index (χ2v) is 4.88. The Morgan fingerprint density at radius 3 is 2.89 bits per heavy atom. The van der Waals surface area contributed by atoms with Gasteiger partial charge in [-0.1, -0.05) is 12.1 Å². The van der Waals surface area contributed by atoms with Crippen molar-refractivity contribution >= 4 is 11.3 Å². The average molecular weight is 272 g/mol. The van der Waals surface area contributed by atoms with Gasteiger partial charge in [-0.05, 0) is 19.1 Å². The van der Waals surface area contributed by atoms with Gasteiger partial charge in [-0.15, -0.1) is 11.3 Å². The first-order valence-corrected chi connectivity index (χ1v) is 6.74. The van der Waals surface area contributed by atoms with Crippen molar-refractivity contribution in [2.75, 3.05) is 0 Å². The van der Waals surface area contributed by atoms with E-state index in [-0.39, 0.29) is 0 Å². The van der Waals surface area contributed by atoms with Crippen LogP contribution >= 0.6 is 11.3 Å². The van der Waals surface area contributed by atoms with Crippen molar-refractivity contribution in [2.24, 2.45) is 0 Å². The van der Waals surface area contributed by atoms with E-state index in [1.807, 2.05) is 36.6 Å². The standard InChI is InChI=1S/C14H12N2O2S/c1-10-8-16-13(18-10)9-17-12-5-3-2-4-11(12)14-15-6-7-19-14/h2-8H,9H2,1H3. The van der Waals surface area contributed by atoms with Crippen LogP contribution in [0.2, 0.25) is 0 Å². The summed E-state index contributed by atoms with van der Waals surface area (Å²) < 4.78 is 11.2. The number of hydrogen-bond donors (Lipinski definition) is 0. The fourth-order valence-corrected chi connectivity index (χ4v) is 2.40. The highest BCUT2D eigenvalue weighted by Crippen LogP contribution is 2.31. The van der Waals surface area contributed by atoms with Gasteiger partial charge in [0, 0.05) is 11.6 Å². The van der Waals surface area contributed by atoms with Crippen molar-refractivity contribution in [1.29, 1.82) is 0 Å². The molecule has 1 aromatic carbocycles. The average Bonchev–Trinajstić information content (AvgIpc) is 3.08. The second kappa shape index (κ2) is 5.24. The summed E-state index contributed by atoms with van der Waals surface area (Å²) in [6.07, 6.45) is 3.47. The molecule has 0 aliphatic rings. The molecule has 19 heavy (non-hydrogen) atoms. The van der Waals surface area contributed by atoms with Crippen LogP contribution in [0.3, 0.4) is 0 Å². The lowest BCUT2D eigenvalue weighted by atomic mass is 10.2. The van der Waals surface area contributed by atoms with Crippen molar-refractivity contribution in [3.8, 4) is 16.3 Å². The molecule has 3 aromatic rings. The smallest absolute Gasteiger partial charge is 0.232 e. The van der Waals surface area contributed by atoms with Crippen LogP contribution in [0.25, 0.3) is 10.6 Å². The summed E-state index contributed by atoms with van der Waals surface area (Å²) in [6, 6.07) is 7.83. The lowest BCUT2D eigenvalue weighted by molar-refractivity contribution is 0.261. The highest BCUT2D eigenvalue weighted by molar-refractivity contribution is 7.13. The largest absolute Gasteiger partial charge is 0.483 e. The van der Waals surface area contributed by atoms with Gasteiger partial charge in [0.1, 0.15) is 16.5 Å². The van der Waals surface area contributed by atoms with E-state index >= 15 is 0 Å². The molecule has 0 fully saturated rings. The van der Waals surface area contributed by atoms with Gasteiger partial charge in [0.05, 0.1) is 11.8 Å². The SMILES string of the molecule is Cc1cnc(COc2ccccc2-c2nccs2)o1. The Kier molecular flexibility index (Phi) is 3.29. The number of aryl methyl sites for hydroxylation is 1. The van der Waals surface area contributed by atoms with Gasteiger partial charge in [0.25, 0.3) is 0 Å². The highest BCUT2D eigenvalue weighted by atomic mass is 32.1. The van der Waals surface area contributed by atoms with Crippen molar-refractivity contribution in [3.63, 3.8) is 0 Å². The predicted molar refractivity (Wildman–Crippen MR) is 73.1 cm³/mol. The molecular formula is C14H12N2O2S. The molecule has 2 heterocycles.